The van der Waals surface area contributed by atoms with Gasteiger partial charge >= 0.3 is 0 Å². The molecule has 0 saturated carbocycles. The minimum atomic E-state index is -3.96. The van der Waals surface area contributed by atoms with Crippen LogP contribution in [0.5, 0.6) is 5.75 Å². The third kappa shape index (κ3) is 4.03. The van der Waals surface area contributed by atoms with Gasteiger partial charge in [-0.2, -0.15) is 4.98 Å². The van der Waals surface area contributed by atoms with Crippen LogP contribution in [0.3, 0.4) is 0 Å². The number of sulfone groups is 1. The van der Waals surface area contributed by atoms with E-state index in [0.29, 0.717) is 44.2 Å². The van der Waals surface area contributed by atoms with Crippen molar-refractivity contribution in [2.45, 2.75) is 16.8 Å². The van der Waals surface area contributed by atoms with Crippen molar-refractivity contribution in [1.82, 2.24) is 4.98 Å². The number of aromatic nitrogens is 1. The fraction of sp³-hybridized carbons (Fsp3) is 0.286. The molecule has 7 nitrogen and oxygen atoms in total. The van der Waals surface area contributed by atoms with Crippen LogP contribution in [0.15, 0.2) is 62.9 Å². The molecule has 2 aromatic carbocycles. The second-order valence-corrected chi connectivity index (χ2v) is 8.51. The van der Waals surface area contributed by atoms with Gasteiger partial charge in [-0.05, 0) is 55.5 Å². The number of hydrogen-bond donors (Lipinski definition) is 0. The first kappa shape index (κ1) is 20.4. The van der Waals surface area contributed by atoms with Crippen molar-refractivity contribution in [3.63, 3.8) is 0 Å². The highest BCUT2D eigenvalue weighted by Gasteiger charge is 2.32. The molecular weight excluding hydrogens is 411 g/mol. The number of morpholine rings is 1. The highest BCUT2D eigenvalue weighted by atomic mass is 32.2. The first-order valence-electron chi connectivity index (χ1n) is 9.56. The number of nitrogens with zero attached hydrogens (tertiary/aromatic N) is 2. The molecule has 1 aromatic heterocycles. The maximum Gasteiger partial charge on any atom is 0.236 e. The highest BCUT2D eigenvalue weighted by Crippen LogP contribution is 2.35. The standard InChI is InChI=1S/C21H21FN2O5S/c1-2-28-17-7-9-18(10-8-17)30(25,26)20-21(24-11-13-27-14-12-24)29-19(23-20)15-3-5-16(22)6-4-15/h3-10H,2,11-14H2,1H3. The van der Waals surface area contributed by atoms with E-state index >= 15 is 0 Å². The Bertz CT molecular complexity index is 1110. The lowest BCUT2D eigenvalue weighted by molar-refractivity contribution is 0.120. The van der Waals surface area contributed by atoms with Crippen molar-refractivity contribution in [2.24, 2.45) is 0 Å². The fourth-order valence-corrected chi connectivity index (χ4v) is 4.47. The lowest BCUT2D eigenvalue weighted by Crippen LogP contribution is -2.36. The molecule has 0 unspecified atom stereocenters. The lowest BCUT2D eigenvalue weighted by atomic mass is 10.2. The summed E-state index contributed by atoms with van der Waals surface area (Å²) in [5.41, 5.74) is 0.485. The number of rotatable bonds is 6. The van der Waals surface area contributed by atoms with E-state index in [4.69, 9.17) is 13.9 Å². The fourth-order valence-electron chi connectivity index (χ4n) is 3.15. The van der Waals surface area contributed by atoms with Crippen molar-refractivity contribution < 1.29 is 26.7 Å². The number of ether oxygens (including phenoxy) is 2. The van der Waals surface area contributed by atoms with Crippen LogP contribution in [0.1, 0.15) is 6.92 Å². The van der Waals surface area contributed by atoms with Crippen molar-refractivity contribution >= 4 is 15.7 Å². The number of anilines is 1. The SMILES string of the molecule is CCOc1ccc(S(=O)(=O)c2nc(-c3ccc(F)cc3)oc2N2CCOCC2)cc1. The molecule has 1 saturated heterocycles. The topological polar surface area (TPSA) is 81.9 Å². The van der Waals surface area contributed by atoms with Crippen LogP contribution in [-0.2, 0) is 14.6 Å². The Hall–Kier alpha value is -2.91. The van der Waals surface area contributed by atoms with Gasteiger partial charge in [0.25, 0.3) is 0 Å². The minimum Gasteiger partial charge on any atom is -0.494 e. The molecule has 0 spiro atoms. The third-order valence-electron chi connectivity index (χ3n) is 4.67. The molecule has 30 heavy (non-hydrogen) atoms. The first-order valence-corrected chi connectivity index (χ1v) is 11.0. The van der Waals surface area contributed by atoms with Crippen LogP contribution >= 0.6 is 0 Å². The molecule has 0 aliphatic carbocycles. The smallest absolute Gasteiger partial charge is 0.236 e. The van der Waals surface area contributed by atoms with Gasteiger partial charge in [0.15, 0.2) is 0 Å². The first-order chi connectivity index (χ1) is 14.5. The van der Waals surface area contributed by atoms with Gasteiger partial charge < -0.3 is 18.8 Å². The third-order valence-corrected chi connectivity index (χ3v) is 6.34. The molecule has 2 heterocycles. The zero-order chi connectivity index (χ0) is 21.1. The lowest BCUT2D eigenvalue weighted by Gasteiger charge is -2.26. The van der Waals surface area contributed by atoms with Crippen LogP contribution in [-0.4, -0.2) is 46.3 Å². The number of halogens is 1. The molecule has 158 valence electrons. The van der Waals surface area contributed by atoms with Crippen molar-refractivity contribution in [3.05, 3.63) is 54.3 Å². The van der Waals surface area contributed by atoms with Gasteiger partial charge in [0.2, 0.25) is 26.6 Å². The Balaban J connectivity index is 1.78. The zero-order valence-corrected chi connectivity index (χ0v) is 17.2. The van der Waals surface area contributed by atoms with E-state index in [1.165, 1.54) is 36.4 Å². The molecule has 1 aliphatic heterocycles. The molecule has 0 bridgehead atoms. The summed E-state index contributed by atoms with van der Waals surface area (Å²) < 4.78 is 56.7. The van der Waals surface area contributed by atoms with Crippen LogP contribution in [0.4, 0.5) is 10.3 Å². The van der Waals surface area contributed by atoms with Gasteiger partial charge in [-0.25, -0.2) is 12.8 Å². The Labute approximate surface area is 174 Å². The summed E-state index contributed by atoms with van der Waals surface area (Å²) in [6.45, 7) is 4.20. The molecule has 0 atom stereocenters. The van der Waals surface area contributed by atoms with Gasteiger partial charge in [-0.1, -0.05) is 0 Å². The van der Waals surface area contributed by atoms with Crippen LogP contribution in [0.25, 0.3) is 11.5 Å². The van der Waals surface area contributed by atoms with E-state index in [9.17, 15) is 12.8 Å². The molecule has 0 amide bonds. The average molecular weight is 432 g/mol. The summed E-state index contributed by atoms with van der Waals surface area (Å²) in [7, 11) is -3.96. The minimum absolute atomic E-state index is 0.0828. The Morgan fingerprint density at radius 3 is 2.37 bits per heavy atom. The van der Waals surface area contributed by atoms with E-state index in [-0.39, 0.29) is 21.7 Å². The molecule has 0 radical (unpaired) electrons. The monoisotopic (exact) mass is 432 g/mol. The number of oxazole rings is 1. The molecule has 1 fully saturated rings. The molecule has 9 heteroatoms. The highest BCUT2D eigenvalue weighted by molar-refractivity contribution is 7.91. The summed E-state index contributed by atoms with van der Waals surface area (Å²) in [4.78, 5) is 6.18. The van der Waals surface area contributed by atoms with E-state index in [2.05, 4.69) is 4.98 Å². The molecular formula is C21H21FN2O5S. The van der Waals surface area contributed by atoms with Crippen molar-refractivity contribution in [2.75, 3.05) is 37.8 Å². The normalized spacial score (nSPS) is 14.7. The van der Waals surface area contributed by atoms with Gasteiger partial charge in [-0.3, -0.25) is 0 Å². The van der Waals surface area contributed by atoms with Crippen LogP contribution in [0.2, 0.25) is 0 Å². The number of benzene rings is 2. The maximum absolute atomic E-state index is 13.4. The largest absolute Gasteiger partial charge is 0.494 e. The molecule has 3 aromatic rings. The van der Waals surface area contributed by atoms with Crippen LogP contribution < -0.4 is 9.64 Å². The van der Waals surface area contributed by atoms with Gasteiger partial charge in [0.1, 0.15) is 11.6 Å². The van der Waals surface area contributed by atoms with E-state index in [1.54, 1.807) is 17.0 Å². The quantitative estimate of drug-likeness (QED) is 0.589. The summed E-state index contributed by atoms with van der Waals surface area (Å²) in [6.07, 6.45) is 0. The summed E-state index contributed by atoms with van der Waals surface area (Å²) in [5, 5.41) is -0.173. The summed E-state index contributed by atoms with van der Waals surface area (Å²) >= 11 is 0. The second kappa shape index (κ2) is 8.45. The Morgan fingerprint density at radius 2 is 1.73 bits per heavy atom. The molecule has 4 rings (SSSR count). The molecule has 1 aliphatic rings. The Morgan fingerprint density at radius 1 is 1.07 bits per heavy atom. The maximum atomic E-state index is 13.4. The zero-order valence-electron chi connectivity index (χ0n) is 16.4. The average Bonchev–Trinajstić information content (AvgIpc) is 3.22. The van der Waals surface area contributed by atoms with E-state index in [0.717, 1.165) is 0 Å². The molecule has 0 N–H and O–H groups in total. The van der Waals surface area contributed by atoms with Crippen LogP contribution in [0, 0.1) is 5.82 Å². The predicted molar refractivity (Wildman–Crippen MR) is 108 cm³/mol. The van der Waals surface area contributed by atoms with Crippen molar-refractivity contribution in [3.8, 4) is 17.2 Å². The summed E-state index contributed by atoms with van der Waals surface area (Å²) in [6, 6.07) is 11.7. The van der Waals surface area contributed by atoms with Gasteiger partial charge in [0.05, 0.1) is 24.7 Å². The predicted octanol–water partition coefficient (Wildman–Crippen LogP) is 3.55. The number of hydrogen-bond acceptors (Lipinski definition) is 7. The van der Waals surface area contributed by atoms with Gasteiger partial charge in [-0.15, -0.1) is 0 Å². The second-order valence-electron chi connectivity index (χ2n) is 6.64. The van der Waals surface area contributed by atoms with Crippen molar-refractivity contribution in [1.29, 1.82) is 0 Å². The summed E-state index contributed by atoms with van der Waals surface area (Å²) in [5.74, 6) is 0.450. The Kier molecular flexibility index (Phi) is 5.74. The van der Waals surface area contributed by atoms with E-state index < -0.39 is 15.7 Å². The van der Waals surface area contributed by atoms with E-state index in [1.807, 2.05) is 6.92 Å². The van der Waals surface area contributed by atoms with Gasteiger partial charge in [0, 0.05) is 18.7 Å².